The smallest absolute Gasteiger partial charge is 0.0731 e. The molecule has 5 nitrogen and oxygen atoms in total. The van der Waals surface area contributed by atoms with Crippen LogP contribution in [0, 0.1) is 0 Å². The number of rotatable bonds is 5. The summed E-state index contributed by atoms with van der Waals surface area (Å²) in [6.07, 6.45) is 2.67. The van der Waals surface area contributed by atoms with Crippen LogP contribution in [0.4, 0.5) is 11.4 Å². The molecule has 3 N–H and O–H groups in total. The molecule has 1 unspecified atom stereocenters. The van der Waals surface area contributed by atoms with E-state index in [0.29, 0.717) is 6.54 Å². The van der Waals surface area contributed by atoms with E-state index in [0.717, 1.165) is 35.2 Å². The lowest BCUT2D eigenvalue weighted by atomic mass is 10.1. The average molecular weight is 369 g/mol. The molecule has 0 bridgehead atoms. The Morgan fingerprint density at radius 1 is 1.23 bits per heavy atom. The molecule has 1 fully saturated rings. The van der Waals surface area contributed by atoms with Crippen LogP contribution >= 0.6 is 11.8 Å². The van der Waals surface area contributed by atoms with Crippen molar-refractivity contribution in [2.45, 2.75) is 17.4 Å². The fourth-order valence-electron chi connectivity index (χ4n) is 3.55. The van der Waals surface area contributed by atoms with Crippen LogP contribution in [0.1, 0.15) is 6.42 Å². The average Bonchev–Trinajstić information content (AvgIpc) is 3.27. The van der Waals surface area contributed by atoms with Crippen molar-refractivity contribution in [2.75, 3.05) is 36.8 Å². The number of hydrogen-bond acceptors (Lipinski definition) is 5. The summed E-state index contributed by atoms with van der Waals surface area (Å²) in [6, 6.07) is 14.8. The first kappa shape index (κ1) is 17.3. The number of fused-ring (bicyclic) bond motifs is 1. The molecule has 2 heterocycles. The van der Waals surface area contributed by atoms with E-state index in [4.69, 9.17) is 4.84 Å². The fourth-order valence-corrected chi connectivity index (χ4v) is 3.99. The second-order valence-electron chi connectivity index (χ2n) is 6.56. The van der Waals surface area contributed by atoms with Crippen LogP contribution in [0.15, 0.2) is 47.4 Å². The Bertz CT molecular complexity index is 925. The van der Waals surface area contributed by atoms with E-state index < -0.39 is 0 Å². The molecule has 0 spiro atoms. The number of nitrogens with zero attached hydrogens (tertiary/aromatic N) is 1. The third-order valence-corrected chi connectivity index (χ3v) is 5.56. The van der Waals surface area contributed by atoms with E-state index >= 15 is 0 Å². The third kappa shape index (κ3) is 3.28. The van der Waals surface area contributed by atoms with Crippen molar-refractivity contribution in [1.29, 1.82) is 0 Å². The Hall–Kier alpha value is -2.15. The summed E-state index contributed by atoms with van der Waals surface area (Å²) in [5.74, 6) is 0. The van der Waals surface area contributed by atoms with Crippen LogP contribution < -0.4 is 10.4 Å². The van der Waals surface area contributed by atoms with Gasteiger partial charge in [0.15, 0.2) is 0 Å². The number of nitrogens with one attached hydrogen (secondary N) is 2. The summed E-state index contributed by atoms with van der Waals surface area (Å²) >= 11 is 1.74. The van der Waals surface area contributed by atoms with Crippen molar-refractivity contribution in [1.82, 2.24) is 4.98 Å². The van der Waals surface area contributed by atoms with Gasteiger partial charge in [-0.1, -0.05) is 0 Å². The van der Waals surface area contributed by atoms with E-state index in [-0.39, 0.29) is 6.10 Å². The van der Waals surface area contributed by atoms with Crippen LogP contribution in [0.5, 0.6) is 0 Å². The number of benzene rings is 2. The minimum absolute atomic E-state index is 0.242. The van der Waals surface area contributed by atoms with Gasteiger partial charge in [-0.15, -0.1) is 11.8 Å². The normalized spacial score (nSPS) is 17.2. The molecule has 1 aliphatic rings. The number of aromatic nitrogens is 1. The van der Waals surface area contributed by atoms with Crippen molar-refractivity contribution in [3.63, 3.8) is 0 Å². The molecule has 0 saturated carbocycles. The maximum Gasteiger partial charge on any atom is 0.0731 e. The molecule has 1 saturated heterocycles. The fraction of sp³-hybridized carbons (Fsp3) is 0.300. The molecule has 4 rings (SSSR count). The molecule has 0 radical (unpaired) electrons. The second-order valence-corrected chi connectivity index (χ2v) is 7.44. The monoisotopic (exact) mass is 369 g/mol. The minimum Gasteiger partial charge on any atom is -0.391 e. The Morgan fingerprint density at radius 2 is 2.12 bits per heavy atom. The zero-order valence-corrected chi connectivity index (χ0v) is 15.8. The highest BCUT2D eigenvalue weighted by atomic mass is 32.2. The van der Waals surface area contributed by atoms with Gasteiger partial charge in [0, 0.05) is 45.8 Å². The lowest BCUT2D eigenvalue weighted by molar-refractivity contribution is 0.198. The molecule has 3 aromatic rings. The molecular weight excluding hydrogens is 346 g/mol. The number of aliphatic hydroxyl groups is 1. The van der Waals surface area contributed by atoms with Gasteiger partial charge in [-0.05, 0) is 55.1 Å². The number of anilines is 2. The van der Waals surface area contributed by atoms with Crippen molar-refractivity contribution in [3.8, 4) is 11.3 Å². The van der Waals surface area contributed by atoms with E-state index in [1.165, 1.54) is 16.1 Å². The van der Waals surface area contributed by atoms with Crippen molar-refractivity contribution >= 4 is 34.0 Å². The van der Waals surface area contributed by atoms with Crippen LogP contribution in [-0.4, -0.2) is 42.6 Å². The molecule has 0 aliphatic carbocycles. The SMILES string of the molecule is CONc1ccc2[nH]c(-c3cc(SC)ccc3N3CCC(O)C3)cc2c1. The predicted molar refractivity (Wildman–Crippen MR) is 109 cm³/mol. The summed E-state index contributed by atoms with van der Waals surface area (Å²) in [7, 11) is 1.61. The highest BCUT2D eigenvalue weighted by molar-refractivity contribution is 7.98. The largest absolute Gasteiger partial charge is 0.391 e. The van der Waals surface area contributed by atoms with Crippen LogP contribution in [0.2, 0.25) is 0 Å². The van der Waals surface area contributed by atoms with Crippen LogP contribution in [-0.2, 0) is 4.84 Å². The maximum absolute atomic E-state index is 9.95. The number of aliphatic hydroxyl groups excluding tert-OH is 1. The standard InChI is InChI=1S/C20H23N3O2S/c1-25-22-14-3-5-18-13(9-14)10-19(21-18)17-11-16(26-2)4-6-20(17)23-8-7-15(24)12-23/h3-6,9-11,15,21-22,24H,7-8,12H2,1-2H3. The van der Waals surface area contributed by atoms with Gasteiger partial charge in [0.05, 0.1) is 18.9 Å². The van der Waals surface area contributed by atoms with Gasteiger partial charge >= 0.3 is 0 Å². The van der Waals surface area contributed by atoms with E-state index in [1.54, 1.807) is 18.9 Å². The number of hydrogen-bond donors (Lipinski definition) is 3. The molecule has 0 amide bonds. The Balaban J connectivity index is 1.79. The Morgan fingerprint density at radius 3 is 2.85 bits per heavy atom. The first-order valence-corrected chi connectivity index (χ1v) is 9.93. The highest BCUT2D eigenvalue weighted by Crippen LogP contribution is 2.37. The lowest BCUT2D eigenvalue weighted by Gasteiger charge is -2.21. The van der Waals surface area contributed by atoms with Gasteiger partial charge in [-0.3, -0.25) is 10.3 Å². The molecule has 6 heteroatoms. The van der Waals surface area contributed by atoms with Gasteiger partial charge in [0.1, 0.15) is 0 Å². The predicted octanol–water partition coefficient (Wildman–Crippen LogP) is 4.10. The van der Waals surface area contributed by atoms with E-state index in [9.17, 15) is 5.11 Å². The van der Waals surface area contributed by atoms with Gasteiger partial charge < -0.3 is 15.0 Å². The molecular formula is C20H23N3O2S. The Kier molecular flexibility index (Phi) is 4.80. The summed E-state index contributed by atoms with van der Waals surface area (Å²) in [4.78, 5) is 12.0. The topological polar surface area (TPSA) is 60.5 Å². The zero-order chi connectivity index (χ0) is 18.1. The molecule has 1 atom stereocenters. The molecule has 136 valence electrons. The number of β-amino-alcohol motifs (C(OH)–C–C–N with tert-alkyl or cyclic N) is 1. The molecule has 2 aromatic carbocycles. The van der Waals surface area contributed by atoms with Crippen molar-refractivity contribution < 1.29 is 9.94 Å². The van der Waals surface area contributed by atoms with E-state index in [1.807, 2.05) is 6.07 Å². The van der Waals surface area contributed by atoms with Gasteiger partial charge in [0.2, 0.25) is 0 Å². The summed E-state index contributed by atoms with van der Waals surface area (Å²) in [6.45, 7) is 1.57. The minimum atomic E-state index is -0.242. The highest BCUT2D eigenvalue weighted by Gasteiger charge is 2.23. The summed E-state index contributed by atoms with van der Waals surface area (Å²) in [5, 5.41) is 11.1. The number of thioether (sulfide) groups is 1. The Labute approximate surface area is 157 Å². The molecule has 1 aliphatic heterocycles. The van der Waals surface area contributed by atoms with Gasteiger partial charge in [-0.25, -0.2) is 0 Å². The maximum atomic E-state index is 9.95. The van der Waals surface area contributed by atoms with Gasteiger partial charge in [-0.2, -0.15) is 0 Å². The quantitative estimate of drug-likeness (QED) is 0.467. The van der Waals surface area contributed by atoms with Crippen LogP contribution in [0.25, 0.3) is 22.2 Å². The summed E-state index contributed by atoms with van der Waals surface area (Å²) in [5.41, 5.74) is 8.31. The zero-order valence-electron chi connectivity index (χ0n) is 15.0. The van der Waals surface area contributed by atoms with Gasteiger partial charge in [0.25, 0.3) is 0 Å². The number of aromatic amines is 1. The first-order chi connectivity index (χ1) is 12.7. The second kappa shape index (κ2) is 7.23. The van der Waals surface area contributed by atoms with E-state index in [2.05, 4.69) is 58.0 Å². The van der Waals surface area contributed by atoms with Crippen LogP contribution in [0.3, 0.4) is 0 Å². The molecule has 1 aromatic heterocycles. The first-order valence-electron chi connectivity index (χ1n) is 8.71. The number of H-pyrrole nitrogens is 1. The third-order valence-electron chi connectivity index (χ3n) is 4.84. The molecule has 26 heavy (non-hydrogen) atoms. The lowest BCUT2D eigenvalue weighted by Crippen LogP contribution is -2.21. The summed E-state index contributed by atoms with van der Waals surface area (Å²) < 4.78 is 0. The van der Waals surface area contributed by atoms with Crippen molar-refractivity contribution in [2.24, 2.45) is 0 Å². The van der Waals surface area contributed by atoms with Crippen molar-refractivity contribution in [3.05, 3.63) is 42.5 Å².